The summed E-state index contributed by atoms with van der Waals surface area (Å²) in [5.74, 6) is 0. The summed E-state index contributed by atoms with van der Waals surface area (Å²) in [6.07, 6.45) is 5.71. The molecule has 0 spiro atoms. The van der Waals surface area contributed by atoms with Gasteiger partial charge in [-0.15, -0.1) is 0 Å². The number of nitrogens with one attached hydrogen (secondary N) is 1. The van der Waals surface area contributed by atoms with Gasteiger partial charge in [-0.2, -0.15) is 0 Å². The van der Waals surface area contributed by atoms with Gasteiger partial charge in [0.15, 0.2) is 0 Å². The Kier molecular flexibility index (Phi) is 3.79. The van der Waals surface area contributed by atoms with Gasteiger partial charge in [-0.1, -0.05) is 0 Å². The fraction of sp³-hybridized carbons (Fsp3) is 1.00. The third-order valence-electron chi connectivity index (χ3n) is 3.11. The van der Waals surface area contributed by atoms with Crippen molar-refractivity contribution in [2.45, 2.75) is 50.9 Å². The van der Waals surface area contributed by atoms with Gasteiger partial charge in [0, 0.05) is 6.04 Å². The second-order valence-corrected chi connectivity index (χ2v) is 4.48. The topological polar surface area (TPSA) is 30.5 Å². The standard InChI is InChI=1S/C11H21NO2/c1-9-4-5-11(14-9)8-13-7-10-3-2-6-12-10/h9-12H,2-8H2,1H3. The molecule has 82 valence electrons. The molecular formula is C11H21NO2. The van der Waals surface area contributed by atoms with Crippen molar-refractivity contribution in [3.05, 3.63) is 0 Å². The minimum Gasteiger partial charge on any atom is -0.377 e. The fourth-order valence-corrected chi connectivity index (χ4v) is 2.25. The number of hydrogen-bond donors (Lipinski definition) is 1. The van der Waals surface area contributed by atoms with Crippen LogP contribution in [0.4, 0.5) is 0 Å². The molecule has 2 fully saturated rings. The highest BCUT2D eigenvalue weighted by Gasteiger charge is 2.22. The summed E-state index contributed by atoms with van der Waals surface area (Å²) in [5.41, 5.74) is 0. The molecule has 0 amide bonds. The van der Waals surface area contributed by atoms with Gasteiger partial charge in [0.05, 0.1) is 25.4 Å². The predicted octanol–water partition coefficient (Wildman–Crippen LogP) is 1.32. The molecule has 14 heavy (non-hydrogen) atoms. The maximum Gasteiger partial charge on any atom is 0.0813 e. The van der Waals surface area contributed by atoms with Crippen LogP contribution in [-0.4, -0.2) is 38.0 Å². The summed E-state index contributed by atoms with van der Waals surface area (Å²) in [5, 5.41) is 3.42. The van der Waals surface area contributed by atoms with Crippen molar-refractivity contribution in [3.8, 4) is 0 Å². The number of rotatable bonds is 4. The Hall–Kier alpha value is -0.120. The van der Waals surface area contributed by atoms with Gasteiger partial charge in [-0.05, 0) is 39.2 Å². The van der Waals surface area contributed by atoms with Crippen LogP contribution >= 0.6 is 0 Å². The van der Waals surface area contributed by atoms with E-state index in [9.17, 15) is 0 Å². The number of hydrogen-bond acceptors (Lipinski definition) is 3. The first-order valence-electron chi connectivity index (χ1n) is 5.81. The monoisotopic (exact) mass is 199 g/mol. The highest BCUT2D eigenvalue weighted by Crippen LogP contribution is 2.19. The molecule has 2 saturated heterocycles. The lowest BCUT2D eigenvalue weighted by Gasteiger charge is -2.14. The van der Waals surface area contributed by atoms with Crippen LogP contribution in [0.5, 0.6) is 0 Å². The first-order chi connectivity index (χ1) is 6.84. The maximum absolute atomic E-state index is 5.68. The molecule has 2 aliphatic heterocycles. The smallest absolute Gasteiger partial charge is 0.0813 e. The zero-order chi connectivity index (χ0) is 9.80. The Labute approximate surface area is 86.2 Å². The second kappa shape index (κ2) is 5.10. The first-order valence-corrected chi connectivity index (χ1v) is 5.81. The van der Waals surface area contributed by atoms with Crippen LogP contribution in [0.2, 0.25) is 0 Å². The van der Waals surface area contributed by atoms with Crippen LogP contribution in [0.3, 0.4) is 0 Å². The van der Waals surface area contributed by atoms with Gasteiger partial charge in [0.2, 0.25) is 0 Å². The van der Waals surface area contributed by atoms with E-state index in [0.717, 1.165) is 19.8 Å². The molecule has 0 aromatic carbocycles. The molecule has 2 aliphatic rings. The Morgan fingerprint density at radius 3 is 2.86 bits per heavy atom. The Balaban J connectivity index is 1.54. The summed E-state index contributed by atoms with van der Waals surface area (Å²) in [4.78, 5) is 0. The molecule has 0 bridgehead atoms. The van der Waals surface area contributed by atoms with Crippen LogP contribution in [0, 0.1) is 0 Å². The lowest BCUT2D eigenvalue weighted by molar-refractivity contribution is -0.0130. The number of ether oxygens (including phenoxy) is 2. The van der Waals surface area contributed by atoms with Gasteiger partial charge in [0.25, 0.3) is 0 Å². The molecule has 3 unspecified atom stereocenters. The summed E-state index contributed by atoms with van der Waals surface area (Å²) in [6.45, 7) is 4.93. The van der Waals surface area contributed by atoms with Crippen molar-refractivity contribution in [3.63, 3.8) is 0 Å². The van der Waals surface area contributed by atoms with Crippen LogP contribution < -0.4 is 5.32 Å². The van der Waals surface area contributed by atoms with E-state index in [1.54, 1.807) is 0 Å². The lowest BCUT2D eigenvalue weighted by atomic mass is 10.2. The summed E-state index contributed by atoms with van der Waals surface area (Å²) in [6, 6.07) is 0.592. The van der Waals surface area contributed by atoms with Crippen molar-refractivity contribution in [2.24, 2.45) is 0 Å². The van der Waals surface area contributed by atoms with Gasteiger partial charge >= 0.3 is 0 Å². The van der Waals surface area contributed by atoms with E-state index in [2.05, 4.69) is 12.2 Å². The quantitative estimate of drug-likeness (QED) is 0.741. The van der Waals surface area contributed by atoms with E-state index in [0.29, 0.717) is 18.2 Å². The SMILES string of the molecule is CC1CCC(COCC2CCCN2)O1. The molecule has 2 heterocycles. The highest BCUT2D eigenvalue weighted by molar-refractivity contribution is 4.74. The molecule has 1 N–H and O–H groups in total. The molecule has 0 aromatic heterocycles. The average molecular weight is 199 g/mol. The van der Waals surface area contributed by atoms with Crippen molar-refractivity contribution >= 4 is 0 Å². The van der Waals surface area contributed by atoms with Crippen molar-refractivity contribution in [2.75, 3.05) is 19.8 Å². The molecule has 3 nitrogen and oxygen atoms in total. The minimum atomic E-state index is 0.353. The summed E-state index contributed by atoms with van der Waals surface area (Å²) in [7, 11) is 0. The van der Waals surface area contributed by atoms with Crippen LogP contribution in [0.25, 0.3) is 0 Å². The minimum absolute atomic E-state index is 0.353. The fourth-order valence-electron chi connectivity index (χ4n) is 2.25. The maximum atomic E-state index is 5.68. The molecule has 3 heteroatoms. The van der Waals surface area contributed by atoms with Crippen molar-refractivity contribution in [1.29, 1.82) is 0 Å². The molecule has 3 atom stereocenters. The van der Waals surface area contributed by atoms with Crippen LogP contribution in [0.1, 0.15) is 32.6 Å². The largest absolute Gasteiger partial charge is 0.377 e. The normalized spacial score (nSPS) is 37.9. The van der Waals surface area contributed by atoms with Crippen LogP contribution in [-0.2, 0) is 9.47 Å². The van der Waals surface area contributed by atoms with E-state index < -0.39 is 0 Å². The van der Waals surface area contributed by atoms with E-state index in [4.69, 9.17) is 9.47 Å². The Bertz CT molecular complexity index is 169. The molecule has 0 saturated carbocycles. The molecule has 0 radical (unpaired) electrons. The van der Waals surface area contributed by atoms with Crippen LogP contribution in [0.15, 0.2) is 0 Å². The van der Waals surface area contributed by atoms with E-state index in [-0.39, 0.29) is 0 Å². The van der Waals surface area contributed by atoms with Gasteiger partial charge < -0.3 is 14.8 Å². The first kappa shape index (κ1) is 10.4. The molecule has 0 aromatic rings. The molecular weight excluding hydrogens is 178 g/mol. The molecule has 0 aliphatic carbocycles. The highest BCUT2D eigenvalue weighted by atomic mass is 16.5. The van der Waals surface area contributed by atoms with Gasteiger partial charge in [0.1, 0.15) is 0 Å². The lowest BCUT2D eigenvalue weighted by Crippen LogP contribution is -2.28. The zero-order valence-electron chi connectivity index (χ0n) is 9.00. The van der Waals surface area contributed by atoms with E-state index >= 15 is 0 Å². The predicted molar refractivity (Wildman–Crippen MR) is 55.4 cm³/mol. The van der Waals surface area contributed by atoms with E-state index in [1.165, 1.54) is 25.7 Å². The Morgan fingerprint density at radius 2 is 2.21 bits per heavy atom. The third-order valence-corrected chi connectivity index (χ3v) is 3.11. The van der Waals surface area contributed by atoms with Crippen molar-refractivity contribution in [1.82, 2.24) is 5.32 Å². The van der Waals surface area contributed by atoms with Gasteiger partial charge in [-0.3, -0.25) is 0 Å². The summed E-state index contributed by atoms with van der Waals surface area (Å²) >= 11 is 0. The summed E-state index contributed by atoms with van der Waals surface area (Å²) < 4.78 is 11.3. The Morgan fingerprint density at radius 1 is 1.29 bits per heavy atom. The van der Waals surface area contributed by atoms with Crippen molar-refractivity contribution < 1.29 is 9.47 Å². The third kappa shape index (κ3) is 2.94. The zero-order valence-corrected chi connectivity index (χ0v) is 9.00. The second-order valence-electron chi connectivity index (χ2n) is 4.48. The van der Waals surface area contributed by atoms with E-state index in [1.807, 2.05) is 0 Å². The van der Waals surface area contributed by atoms with Gasteiger partial charge in [-0.25, -0.2) is 0 Å². The average Bonchev–Trinajstić information content (AvgIpc) is 2.77. The molecule has 2 rings (SSSR count).